The molecular weight excluding hydrogens is 166 g/mol. The maximum Gasteiger partial charge on any atom is 0.221 e. The molecule has 1 aromatic rings. The first-order chi connectivity index (χ1) is 6.31. The summed E-state index contributed by atoms with van der Waals surface area (Å²) in [6.07, 6.45) is 4.01. The number of nitrogens with zero attached hydrogens (tertiary/aromatic N) is 2. The molecule has 1 N–H and O–H groups in total. The Hall–Kier alpha value is -1.32. The van der Waals surface area contributed by atoms with E-state index in [9.17, 15) is 0 Å². The number of hydrogen-bond acceptors (Lipinski definition) is 4. The molecule has 0 radical (unpaired) electrons. The second-order valence-corrected chi connectivity index (χ2v) is 3.28. The molecule has 0 aliphatic heterocycles. The number of nitrogens with one attached hydrogen (secondary N) is 1. The van der Waals surface area contributed by atoms with Crippen LogP contribution in [-0.4, -0.2) is 23.1 Å². The maximum absolute atomic E-state index is 5.10. The van der Waals surface area contributed by atoms with Crippen molar-refractivity contribution in [3.8, 4) is 5.88 Å². The molecule has 1 saturated carbocycles. The van der Waals surface area contributed by atoms with Crippen molar-refractivity contribution in [2.45, 2.75) is 25.8 Å². The minimum Gasteiger partial charge on any atom is -0.481 e. The van der Waals surface area contributed by atoms with Gasteiger partial charge in [-0.2, -0.15) is 0 Å². The van der Waals surface area contributed by atoms with Crippen molar-refractivity contribution in [2.24, 2.45) is 0 Å². The highest BCUT2D eigenvalue weighted by Gasteiger charge is 2.22. The summed E-state index contributed by atoms with van der Waals surface area (Å²) in [7, 11) is 1.62. The largest absolute Gasteiger partial charge is 0.481 e. The molecule has 0 saturated heterocycles. The molecule has 1 aromatic heterocycles. The highest BCUT2D eigenvalue weighted by Crippen LogP contribution is 2.27. The fourth-order valence-electron chi connectivity index (χ4n) is 1.21. The highest BCUT2D eigenvalue weighted by molar-refractivity contribution is 5.48. The monoisotopic (exact) mass is 179 g/mol. The van der Waals surface area contributed by atoms with E-state index in [0.717, 1.165) is 11.4 Å². The van der Waals surface area contributed by atoms with Gasteiger partial charge >= 0.3 is 0 Å². The Morgan fingerprint density at radius 1 is 1.46 bits per heavy atom. The third-order valence-corrected chi connectivity index (χ3v) is 2.15. The van der Waals surface area contributed by atoms with E-state index in [4.69, 9.17) is 4.74 Å². The van der Waals surface area contributed by atoms with Crippen LogP contribution in [0.3, 0.4) is 0 Å². The van der Waals surface area contributed by atoms with Crippen molar-refractivity contribution < 1.29 is 4.74 Å². The summed E-state index contributed by atoms with van der Waals surface area (Å²) in [6, 6.07) is 0.610. The van der Waals surface area contributed by atoms with Gasteiger partial charge in [0.1, 0.15) is 12.1 Å². The van der Waals surface area contributed by atoms with Crippen LogP contribution in [0.5, 0.6) is 5.88 Å². The van der Waals surface area contributed by atoms with E-state index in [-0.39, 0.29) is 0 Å². The van der Waals surface area contributed by atoms with E-state index in [0.29, 0.717) is 11.9 Å². The molecule has 0 amide bonds. The number of ether oxygens (including phenoxy) is 1. The summed E-state index contributed by atoms with van der Waals surface area (Å²) < 4.78 is 5.10. The molecule has 1 aliphatic rings. The topological polar surface area (TPSA) is 47.0 Å². The Balaban J connectivity index is 2.22. The lowest BCUT2D eigenvalue weighted by Gasteiger charge is -2.08. The normalized spacial score (nSPS) is 15.5. The summed E-state index contributed by atoms with van der Waals surface area (Å²) in [5.41, 5.74) is 0.983. The Morgan fingerprint density at radius 3 is 2.85 bits per heavy atom. The Kier molecular flexibility index (Phi) is 2.04. The third-order valence-electron chi connectivity index (χ3n) is 2.15. The SMILES string of the molecule is COc1ncnc(NC2CC2)c1C. The van der Waals surface area contributed by atoms with Crippen LogP contribution in [0.4, 0.5) is 5.82 Å². The van der Waals surface area contributed by atoms with Gasteiger partial charge in [-0.25, -0.2) is 9.97 Å². The predicted molar refractivity (Wildman–Crippen MR) is 50.0 cm³/mol. The molecule has 70 valence electrons. The molecule has 4 nitrogen and oxygen atoms in total. The lowest BCUT2D eigenvalue weighted by atomic mass is 10.3. The van der Waals surface area contributed by atoms with E-state index in [1.54, 1.807) is 7.11 Å². The van der Waals surface area contributed by atoms with Crippen LogP contribution in [0.25, 0.3) is 0 Å². The number of anilines is 1. The first-order valence-electron chi connectivity index (χ1n) is 4.43. The van der Waals surface area contributed by atoms with Crippen molar-refractivity contribution in [3.63, 3.8) is 0 Å². The van der Waals surface area contributed by atoms with Gasteiger partial charge in [0.05, 0.1) is 12.7 Å². The number of methoxy groups -OCH3 is 1. The van der Waals surface area contributed by atoms with Gasteiger partial charge in [0, 0.05) is 6.04 Å². The lowest BCUT2D eigenvalue weighted by Crippen LogP contribution is -2.06. The van der Waals surface area contributed by atoms with Crippen molar-refractivity contribution in [2.75, 3.05) is 12.4 Å². The van der Waals surface area contributed by atoms with Crippen LogP contribution in [0, 0.1) is 6.92 Å². The molecule has 1 aliphatic carbocycles. The Bertz CT molecular complexity index is 310. The first kappa shape index (κ1) is 8.29. The van der Waals surface area contributed by atoms with Crippen molar-refractivity contribution in [1.82, 2.24) is 9.97 Å². The fourth-order valence-corrected chi connectivity index (χ4v) is 1.21. The van der Waals surface area contributed by atoms with Gasteiger partial charge in [0.2, 0.25) is 5.88 Å². The summed E-state index contributed by atoms with van der Waals surface area (Å²) >= 11 is 0. The summed E-state index contributed by atoms with van der Waals surface area (Å²) in [5, 5.41) is 3.33. The van der Waals surface area contributed by atoms with Gasteiger partial charge in [-0.1, -0.05) is 0 Å². The van der Waals surface area contributed by atoms with E-state index in [1.165, 1.54) is 19.2 Å². The molecule has 0 unspecified atom stereocenters. The number of aromatic nitrogens is 2. The van der Waals surface area contributed by atoms with Gasteiger partial charge in [0.25, 0.3) is 0 Å². The van der Waals surface area contributed by atoms with E-state index in [1.807, 2.05) is 6.92 Å². The van der Waals surface area contributed by atoms with E-state index < -0.39 is 0 Å². The van der Waals surface area contributed by atoms with Gasteiger partial charge < -0.3 is 10.1 Å². The van der Waals surface area contributed by atoms with Crippen LogP contribution in [0.15, 0.2) is 6.33 Å². The maximum atomic E-state index is 5.10. The van der Waals surface area contributed by atoms with E-state index in [2.05, 4.69) is 15.3 Å². The summed E-state index contributed by atoms with van der Waals surface area (Å²) in [4.78, 5) is 8.18. The molecule has 2 rings (SSSR count). The fraction of sp³-hybridized carbons (Fsp3) is 0.556. The van der Waals surface area contributed by atoms with Crippen molar-refractivity contribution >= 4 is 5.82 Å². The molecule has 0 spiro atoms. The lowest BCUT2D eigenvalue weighted by molar-refractivity contribution is 0.393. The predicted octanol–water partition coefficient (Wildman–Crippen LogP) is 1.37. The van der Waals surface area contributed by atoms with E-state index >= 15 is 0 Å². The van der Waals surface area contributed by atoms with Gasteiger partial charge in [-0.05, 0) is 19.8 Å². The second kappa shape index (κ2) is 3.20. The molecule has 13 heavy (non-hydrogen) atoms. The Labute approximate surface area is 77.4 Å². The average Bonchev–Trinajstić information content (AvgIpc) is 2.92. The zero-order valence-electron chi connectivity index (χ0n) is 7.87. The van der Waals surface area contributed by atoms with Crippen LogP contribution in [-0.2, 0) is 0 Å². The molecule has 0 aromatic carbocycles. The molecular formula is C9H13N3O. The first-order valence-corrected chi connectivity index (χ1v) is 4.43. The molecule has 1 fully saturated rings. The summed E-state index contributed by atoms with van der Waals surface area (Å²) in [5.74, 6) is 1.55. The highest BCUT2D eigenvalue weighted by atomic mass is 16.5. The van der Waals surface area contributed by atoms with Crippen LogP contribution >= 0.6 is 0 Å². The minimum atomic E-state index is 0.610. The van der Waals surface area contributed by atoms with Gasteiger partial charge in [0.15, 0.2) is 0 Å². The zero-order valence-corrected chi connectivity index (χ0v) is 7.87. The quantitative estimate of drug-likeness (QED) is 0.761. The Morgan fingerprint density at radius 2 is 2.23 bits per heavy atom. The van der Waals surface area contributed by atoms with Gasteiger partial charge in [-0.3, -0.25) is 0 Å². The number of rotatable bonds is 3. The van der Waals surface area contributed by atoms with Crippen molar-refractivity contribution in [1.29, 1.82) is 0 Å². The third kappa shape index (κ3) is 1.71. The zero-order chi connectivity index (χ0) is 9.26. The second-order valence-electron chi connectivity index (χ2n) is 3.28. The minimum absolute atomic E-state index is 0.610. The average molecular weight is 179 g/mol. The summed E-state index contributed by atoms with van der Waals surface area (Å²) in [6.45, 7) is 1.96. The van der Waals surface area contributed by atoms with Gasteiger partial charge in [-0.15, -0.1) is 0 Å². The molecule has 0 atom stereocenters. The molecule has 4 heteroatoms. The van der Waals surface area contributed by atoms with Crippen LogP contribution in [0.2, 0.25) is 0 Å². The smallest absolute Gasteiger partial charge is 0.221 e. The van der Waals surface area contributed by atoms with Crippen LogP contribution in [0.1, 0.15) is 18.4 Å². The van der Waals surface area contributed by atoms with Crippen LogP contribution < -0.4 is 10.1 Å². The standard InChI is InChI=1S/C9H13N3O/c1-6-8(12-7-3-4-7)10-5-11-9(6)13-2/h5,7H,3-4H2,1-2H3,(H,10,11,12). The molecule has 1 heterocycles. The number of hydrogen-bond donors (Lipinski definition) is 1. The molecule has 0 bridgehead atoms. The van der Waals surface area contributed by atoms with Crippen molar-refractivity contribution in [3.05, 3.63) is 11.9 Å².